The van der Waals surface area contributed by atoms with Gasteiger partial charge in [0.05, 0.1) is 16.1 Å². The molecular formula is C21H20FN3O5S. The van der Waals surface area contributed by atoms with Crippen molar-refractivity contribution in [3.8, 4) is 0 Å². The molecule has 3 N–H and O–H groups in total. The zero-order valence-electron chi connectivity index (χ0n) is 16.9. The third-order valence-corrected chi connectivity index (χ3v) is 5.82. The maximum Gasteiger partial charge on any atom is 0.273 e. The number of hydrazine groups is 1. The molecule has 3 aromatic rings. The third kappa shape index (κ3) is 4.92. The molecule has 10 heteroatoms. The van der Waals surface area contributed by atoms with E-state index >= 15 is 0 Å². The lowest BCUT2D eigenvalue weighted by molar-refractivity contribution is 0.0845. The summed E-state index contributed by atoms with van der Waals surface area (Å²) in [6.07, 6.45) is 0. The fraction of sp³-hybridized carbons (Fsp3) is 0.143. The minimum absolute atomic E-state index is 0.0248. The van der Waals surface area contributed by atoms with E-state index in [1.807, 2.05) is 0 Å². The highest BCUT2D eigenvalue weighted by Crippen LogP contribution is 2.21. The van der Waals surface area contributed by atoms with Crippen LogP contribution in [0.15, 0.2) is 57.8 Å². The number of carbonyl (C=O) groups is 2. The Morgan fingerprint density at radius 1 is 0.903 bits per heavy atom. The molecule has 0 saturated heterocycles. The predicted octanol–water partition coefficient (Wildman–Crippen LogP) is 3.22. The van der Waals surface area contributed by atoms with Gasteiger partial charge < -0.3 is 4.42 Å². The Bertz CT molecular complexity index is 1270. The molecule has 8 nitrogen and oxygen atoms in total. The molecule has 1 heterocycles. The van der Waals surface area contributed by atoms with Crippen LogP contribution in [0.1, 0.15) is 37.8 Å². The van der Waals surface area contributed by atoms with Crippen LogP contribution in [0.25, 0.3) is 0 Å². The van der Waals surface area contributed by atoms with Crippen molar-refractivity contribution >= 4 is 27.5 Å². The van der Waals surface area contributed by atoms with Gasteiger partial charge in [-0.3, -0.25) is 25.2 Å². The van der Waals surface area contributed by atoms with E-state index in [9.17, 15) is 22.4 Å². The van der Waals surface area contributed by atoms with E-state index in [1.165, 1.54) is 36.4 Å². The van der Waals surface area contributed by atoms with E-state index in [0.717, 1.165) is 12.1 Å². The molecule has 2 aromatic carbocycles. The van der Waals surface area contributed by atoms with Crippen LogP contribution in [-0.4, -0.2) is 20.2 Å². The molecule has 0 unspecified atom stereocenters. The fourth-order valence-corrected chi connectivity index (χ4v) is 3.96. The van der Waals surface area contributed by atoms with Gasteiger partial charge in [0, 0.05) is 5.56 Å². The van der Waals surface area contributed by atoms with Crippen molar-refractivity contribution in [1.29, 1.82) is 0 Å². The minimum atomic E-state index is -4.16. The second kappa shape index (κ2) is 8.60. The molecule has 2 amide bonds. The molecule has 1 aromatic heterocycles. The monoisotopic (exact) mass is 445 g/mol. The maximum absolute atomic E-state index is 13.8. The van der Waals surface area contributed by atoms with Gasteiger partial charge in [0.25, 0.3) is 21.8 Å². The SMILES string of the molecule is Cc1cc(C(=O)NNC(=O)c2cc(S(=O)(=O)Nc3ccccc3F)ccc2C)c(C)o1. The second-order valence-electron chi connectivity index (χ2n) is 6.80. The van der Waals surface area contributed by atoms with Crippen LogP contribution >= 0.6 is 0 Å². The van der Waals surface area contributed by atoms with Gasteiger partial charge in [-0.2, -0.15) is 0 Å². The number of benzene rings is 2. The smallest absolute Gasteiger partial charge is 0.273 e. The van der Waals surface area contributed by atoms with Gasteiger partial charge in [0.15, 0.2) is 0 Å². The third-order valence-electron chi connectivity index (χ3n) is 4.46. The quantitative estimate of drug-likeness (QED) is 0.521. The number of carbonyl (C=O) groups excluding carboxylic acids is 2. The summed E-state index contributed by atoms with van der Waals surface area (Å²) < 4.78 is 46.5. The summed E-state index contributed by atoms with van der Waals surface area (Å²) in [6.45, 7) is 4.92. The van der Waals surface area contributed by atoms with Crippen LogP contribution in [0.3, 0.4) is 0 Å². The highest BCUT2D eigenvalue weighted by molar-refractivity contribution is 7.92. The molecule has 0 spiro atoms. The molecule has 162 valence electrons. The summed E-state index contributed by atoms with van der Waals surface area (Å²) in [4.78, 5) is 24.6. The highest BCUT2D eigenvalue weighted by atomic mass is 32.2. The number of para-hydroxylation sites is 1. The zero-order valence-corrected chi connectivity index (χ0v) is 17.8. The number of aryl methyl sites for hydroxylation is 3. The van der Waals surface area contributed by atoms with Gasteiger partial charge in [0.2, 0.25) is 0 Å². The minimum Gasteiger partial charge on any atom is -0.466 e. The summed E-state index contributed by atoms with van der Waals surface area (Å²) in [7, 11) is -4.16. The molecule has 0 fully saturated rings. The van der Waals surface area contributed by atoms with Gasteiger partial charge in [0.1, 0.15) is 17.3 Å². The van der Waals surface area contributed by atoms with Crippen LogP contribution < -0.4 is 15.6 Å². The van der Waals surface area contributed by atoms with Crippen LogP contribution in [0, 0.1) is 26.6 Å². The predicted molar refractivity (Wildman–Crippen MR) is 112 cm³/mol. The molecule has 0 radical (unpaired) electrons. The lowest BCUT2D eigenvalue weighted by Crippen LogP contribution is -2.42. The van der Waals surface area contributed by atoms with E-state index < -0.39 is 27.7 Å². The van der Waals surface area contributed by atoms with Crippen molar-refractivity contribution in [3.05, 3.63) is 82.6 Å². The number of furan rings is 1. The largest absolute Gasteiger partial charge is 0.466 e. The van der Waals surface area contributed by atoms with E-state index in [4.69, 9.17) is 4.42 Å². The summed E-state index contributed by atoms with van der Waals surface area (Å²) in [5.74, 6) is -1.08. The molecule has 31 heavy (non-hydrogen) atoms. The zero-order chi connectivity index (χ0) is 22.8. The van der Waals surface area contributed by atoms with Crippen molar-refractivity contribution in [2.24, 2.45) is 0 Å². The average molecular weight is 445 g/mol. The van der Waals surface area contributed by atoms with Crippen molar-refractivity contribution in [1.82, 2.24) is 10.9 Å². The number of hydrogen-bond acceptors (Lipinski definition) is 5. The summed E-state index contributed by atoms with van der Waals surface area (Å²) in [6, 6.07) is 10.7. The molecule has 0 aliphatic heterocycles. The summed E-state index contributed by atoms with van der Waals surface area (Å²) in [5.41, 5.74) is 5.08. The van der Waals surface area contributed by atoms with Crippen LogP contribution in [-0.2, 0) is 10.0 Å². The van der Waals surface area contributed by atoms with Crippen LogP contribution in [0.4, 0.5) is 10.1 Å². The first-order valence-electron chi connectivity index (χ1n) is 9.14. The van der Waals surface area contributed by atoms with Gasteiger partial charge in [-0.1, -0.05) is 18.2 Å². The van der Waals surface area contributed by atoms with Crippen LogP contribution in [0.5, 0.6) is 0 Å². The molecule has 0 atom stereocenters. The van der Waals surface area contributed by atoms with Crippen molar-refractivity contribution < 1.29 is 26.8 Å². The Balaban J connectivity index is 1.78. The lowest BCUT2D eigenvalue weighted by Gasteiger charge is -2.12. The van der Waals surface area contributed by atoms with E-state index in [2.05, 4.69) is 15.6 Å². The molecule has 0 aliphatic carbocycles. The Morgan fingerprint density at radius 2 is 1.55 bits per heavy atom. The Labute approximate surface area is 178 Å². The lowest BCUT2D eigenvalue weighted by atomic mass is 10.1. The average Bonchev–Trinajstić information content (AvgIpc) is 3.05. The second-order valence-corrected chi connectivity index (χ2v) is 8.48. The molecule has 0 bridgehead atoms. The first-order chi connectivity index (χ1) is 14.6. The normalized spacial score (nSPS) is 11.1. The van der Waals surface area contributed by atoms with E-state index in [1.54, 1.807) is 20.8 Å². The number of halogens is 1. The van der Waals surface area contributed by atoms with Crippen molar-refractivity contribution in [3.63, 3.8) is 0 Å². The molecule has 3 rings (SSSR count). The Kier molecular flexibility index (Phi) is 6.11. The molecule has 0 saturated carbocycles. The molecule has 0 aliphatic rings. The van der Waals surface area contributed by atoms with Crippen molar-refractivity contribution in [2.45, 2.75) is 25.7 Å². The first-order valence-corrected chi connectivity index (χ1v) is 10.6. The molecular weight excluding hydrogens is 425 g/mol. The number of anilines is 1. The Hall–Kier alpha value is -3.66. The maximum atomic E-state index is 13.8. The number of sulfonamides is 1. The highest BCUT2D eigenvalue weighted by Gasteiger charge is 2.20. The van der Waals surface area contributed by atoms with E-state index in [-0.39, 0.29) is 21.7 Å². The van der Waals surface area contributed by atoms with Crippen LogP contribution in [0.2, 0.25) is 0 Å². The van der Waals surface area contributed by atoms with Crippen molar-refractivity contribution in [2.75, 3.05) is 4.72 Å². The fourth-order valence-electron chi connectivity index (χ4n) is 2.87. The number of rotatable bonds is 5. The van der Waals surface area contributed by atoms with Gasteiger partial charge in [-0.25, -0.2) is 12.8 Å². The van der Waals surface area contributed by atoms with Gasteiger partial charge in [-0.15, -0.1) is 0 Å². The standard InChI is InChI=1S/C21H20FN3O5S/c1-12-8-9-15(31(28,29)25-19-7-5-4-6-18(19)22)11-16(12)20(26)23-24-21(27)17-10-13(2)30-14(17)3/h4-11,25H,1-3H3,(H,23,26)(H,24,27). The van der Waals surface area contributed by atoms with Gasteiger partial charge >= 0.3 is 0 Å². The summed E-state index contributed by atoms with van der Waals surface area (Å²) in [5, 5.41) is 0. The van der Waals surface area contributed by atoms with E-state index in [0.29, 0.717) is 17.1 Å². The summed E-state index contributed by atoms with van der Waals surface area (Å²) >= 11 is 0. The number of amides is 2. The number of nitrogens with one attached hydrogen (secondary N) is 3. The topological polar surface area (TPSA) is 118 Å². The number of hydrogen-bond donors (Lipinski definition) is 3. The first kappa shape index (κ1) is 22.0. The van der Waals surface area contributed by atoms with Gasteiger partial charge in [-0.05, 0) is 56.7 Å². The Morgan fingerprint density at radius 3 is 2.16 bits per heavy atom.